The van der Waals surface area contributed by atoms with Gasteiger partial charge in [-0.05, 0) is 24.5 Å². The molecular weight excluding hydrogens is 270 g/mol. The quantitative estimate of drug-likeness (QED) is 0.688. The summed E-state index contributed by atoms with van der Waals surface area (Å²) in [6.07, 6.45) is 1.74. The molecule has 0 radical (unpaired) electrons. The molecule has 1 aromatic rings. The average molecular weight is 293 g/mol. The first-order valence-corrected chi connectivity index (χ1v) is 7.08. The molecule has 1 aromatic carbocycles. The molecule has 116 valence electrons. The van der Waals surface area contributed by atoms with Crippen molar-refractivity contribution in [2.75, 3.05) is 27.3 Å². The van der Waals surface area contributed by atoms with Crippen molar-refractivity contribution in [3.8, 4) is 5.75 Å². The third-order valence-electron chi connectivity index (χ3n) is 3.19. The lowest BCUT2D eigenvalue weighted by atomic mass is 10.1. The number of carbonyl (C=O) groups excluding carboxylic acids is 2. The lowest BCUT2D eigenvalue weighted by Gasteiger charge is -2.21. The van der Waals surface area contributed by atoms with Gasteiger partial charge in [0.25, 0.3) is 0 Å². The van der Waals surface area contributed by atoms with Crippen LogP contribution in [0.4, 0.5) is 0 Å². The van der Waals surface area contributed by atoms with Gasteiger partial charge in [0.2, 0.25) is 5.91 Å². The maximum absolute atomic E-state index is 12.2. The number of ether oxygens (including phenoxy) is 2. The van der Waals surface area contributed by atoms with Crippen molar-refractivity contribution in [2.45, 2.75) is 26.2 Å². The van der Waals surface area contributed by atoms with Crippen LogP contribution in [0, 0.1) is 0 Å². The Kier molecular flexibility index (Phi) is 7.29. The van der Waals surface area contributed by atoms with E-state index in [4.69, 9.17) is 4.74 Å². The SMILES string of the molecule is CCCN(CC(=O)OC)C(=O)CCc1ccccc1OC. The third kappa shape index (κ3) is 5.45. The summed E-state index contributed by atoms with van der Waals surface area (Å²) in [5.41, 5.74) is 0.989. The van der Waals surface area contributed by atoms with E-state index in [0.717, 1.165) is 17.7 Å². The second-order valence-electron chi connectivity index (χ2n) is 4.70. The van der Waals surface area contributed by atoms with E-state index >= 15 is 0 Å². The molecule has 1 amide bonds. The molecule has 0 heterocycles. The number of aryl methyl sites for hydroxylation is 1. The van der Waals surface area contributed by atoms with Gasteiger partial charge in [-0.2, -0.15) is 0 Å². The topological polar surface area (TPSA) is 55.8 Å². The van der Waals surface area contributed by atoms with E-state index in [2.05, 4.69) is 4.74 Å². The minimum Gasteiger partial charge on any atom is -0.496 e. The Hall–Kier alpha value is -2.04. The highest BCUT2D eigenvalue weighted by atomic mass is 16.5. The Morgan fingerprint density at radius 2 is 1.90 bits per heavy atom. The van der Waals surface area contributed by atoms with Crippen molar-refractivity contribution in [2.24, 2.45) is 0 Å². The van der Waals surface area contributed by atoms with Crippen LogP contribution in [0.3, 0.4) is 0 Å². The Morgan fingerprint density at radius 1 is 1.19 bits per heavy atom. The Balaban J connectivity index is 2.62. The predicted molar refractivity (Wildman–Crippen MR) is 80.2 cm³/mol. The van der Waals surface area contributed by atoms with Crippen LogP contribution in [0.15, 0.2) is 24.3 Å². The number of esters is 1. The molecule has 0 unspecified atom stereocenters. The van der Waals surface area contributed by atoms with Crippen LogP contribution in [-0.4, -0.2) is 44.1 Å². The van der Waals surface area contributed by atoms with Gasteiger partial charge in [-0.1, -0.05) is 25.1 Å². The molecule has 5 heteroatoms. The molecule has 0 fully saturated rings. The van der Waals surface area contributed by atoms with Crippen molar-refractivity contribution in [3.05, 3.63) is 29.8 Å². The number of hydrogen-bond donors (Lipinski definition) is 0. The highest BCUT2D eigenvalue weighted by molar-refractivity contribution is 5.82. The van der Waals surface area contributed by atoms with E-state index < -0.39 is 5.97 Å². The molecule has 0 saturated heterocycles. The van der Waals surface area contributed by atoms with Crippen molar-refractivity contribution in [1.29, 1.82) is 0 Å². The van der Waals surface area contributed by atoms with Crippen LogP contribution >= 0.6 is 0 Å². The molecule has 0 aliphatic carbocycles. The lowest BCUT2D eigenvalue weighted by Crippen LogP contribution is -2.36. The molecule has 0 aromatic heterocycles. The summed E-state index contributed by atoms with van der Waals surface area (Å²) in [4.78, 5) is 25.1. The van der Waals surface area contributed by atoms with E-state index in [-0.39, 0.29) is 12.5 Å². The maximum Gasteiger partial charge on any atom is 0.325 e. The minimum atomic E-state index is -0.394. The highest BCUT2D eigenvalue weighted by Crippen LogP contribution is 2.19. The summed E-state index contributed by atoms with van der Waals surface area (Å²) in [6, 6.07) is 7.63. The molecular formula is C16H23NO4. The first kappa shape index (κ1) is 17.0. The smallest absolute Gasteiger partial charge is 0.325 e. The van der Waals surface area contributed by atoms with Gasteiger partial charge in [0, 0.05) is 13.0 Å². The van der Waals surface area contributed by atoms with E-state index in [1.165, 1.54) is 7.11 Å². The number of methoxy groups -OCH3 is 2. The number of nitrogens with zero attached hydrogens (tertiary/aromatic N) is 1. The van der Waals surface area contributed by atoms with Gasteiger partial charge in [-0.15, -0.1) is 0 Å². The minimum absolute atomic E-state index is 0.00903. The summed E-state index contributed by atoms with van der Waals surface area (Å²) in [5.74, 6) is 0.336. The van der Waals surface area contributed by atoms with Crippen LogP contribution in [-0.2, 0) is 20.7 Å². The zero-order valence-corrected chi connectivity index (χ0v) is 12.9. The normalized spacial score (nSPS) is 10.0. The van der Waals surface area contributed by atoms with E-state index in [9.17, 15) is 9.59 Å². The van der Waals surface area contributed by atoms with Crippen LogP contribution in [0.1, 0.15) is 25.3 Å². The highest BCUT2D eigenvalue weighted by Gasteiger charge is 2.17. The number of para-hydroxylation sites is 1. The summed E-state index contributed by atoms with van der Waals surface area (Å²) in [5, 5.41) is 0. The second-order valence-corrected chi connectivity index (χ2v) is 4.70. The number of rotatable bonds is 8. The van der Waals surface area contributed by atoms with Crippen molar-refractivity contribution in [1.82, 2.24) is 4.90 Å². The Labute approximate surface area is 125 Å². The lowest BCUT2D eigenvalue weighted by molar-refractivity contribution is -0.147. The fourth-order valence-corrected chi connectivity index (χ4v) is 2.09. The number of amides is 1. The van der Waals surface area contributed by atoms with Crippen molar-refractivity contribution < 1.29 is 19.1 Å². The molecule has 0 aliphatic heterocycles. The molecule has 0 atom stereocenters. The Morgan fingerprint density at radius 3 is 2.52 bits per heavy atom. The maximum atomic E-state index is 12.2. The summed E-state index contributed by atoms with van der Waals surface area (Å²) < 4.78 is 9.89. The fraction of sp³-hybridized carbons (Fsp3) is 0.500. The van der Waals surface area contributed by atoms with Gasteiger partial charge in [0.15, 0.2) is 0 Å². The van der Waals surface area contributed by atoms with E-state index in [0.29, 0.717) is 19.4 Å². The number of hydrogen-bond acceptors (Lipinski definition) is 4. The fourth-order valence-electron chi connectivity index (χ4n) is 2.09. The zero-order valence-electron chi connectivity index (χ0n) is 12.9. The predicted octanol–water partition coefficient (Wildman–Crippen LogP) is 2.04. The van der Waals surface area contributed by atoms with Crippen LogP contribution in [0.2, 0.25) is 0 Å². The van der Waals surface area contributed by atoms with E-state index in [1.807, 2.05) is 31.2 Å². The second kappa shape index (κ2) is 9.00. The van der Waals surface area contributed by atoms with Gasteiger partial charge in [0.05, 0.1) is 14.2 Å². The van der Waals surface area contributed by atoms with Gasteiger partial charge in [-0.25, -0.2) is 0 Å². The molecule has 0 N–H and O–H groups in total. The molecule has 1 rings (SSSR count). The first-order chi connectivity index (χ1) is 10.1. The van der Waals surface area contributed by atoms with Gasteiger partial charge >= 0.3 is 5.97 Å². The average Bonchev–Trinajstić information content (AvgIpc) is 2.52. The van der Waals surface area contributed by atoms with Crippen molar-refractivity contribution >= 4 is 11.9 Å². The summed E-state index contributed by atoms with van der Waals surface area (Å²) in [7, 11) is 2.94. The van der Waals surface area contributed by atoms with Crippen molar-refractivity contribution in [3.63, 3.8) is 0 Å². The van der Waals surface area contributed by atoms with Crippen LogP contribution in [0.5, 0.6) is 5.75 Å². The van der Waals surface area contributed by atoms with Crippen LogP contribution in [0.25, 0.3) is 0 Å². The van der Waals surface area contributed by atoms with E-state index in [1.54, 1.807) is 12.0 Å². The molecule has 0 saturated carbocycles. The molecule has 21 heavy (non-hydrogen) atoms. The van der Waals surface area contributed by atoms with Gasteiger partial charge in [-0.3, -0.25) is 9.59 Å². The van der Waals surface area contributed by atoms with Gasteiger partial charge < -0.3 is 14.4 Å². The molecule has 0 aliphatic rings. The standard InChI is InChI=1S/C16H23NO4/c1-4-11-17(12-16(19)21-3)15(18)10-9-13-7-5-6-8-14(13)20-2/h5-8H,4,9-12H2,1-3H3. The van der Waals surface area contributed by atoms with Crippen LogP contribution < -0.4 is 4.74 Å². The molecule has 0 spiro atoms. The van der Waals surface area contributed by atoms with Gasteiger partial charge in [0.1, 0.15) is 12.3 Å². The largest absolute Gasteiger partial charge is 0.496 e. The monoisotopic (exact) mass is 293 g/mol. The third-order valence-corrected chi connectivity index (χ3v) is 3.19. The Bertz CT molecular complexity index is 473. The summed E-state index contributed by atoms with van der Waals surface area (Å²) in [6.45, 7) is 2.53. The number of carbonyl (C=O) groups is 2. The molecule has 5 nitrogen and oxygen atoms in total. The first-order valence-electron chi connectivity index (χ1n) is 7.08. The molecule has 0 bridgehead atoms. The zero-order chi connectivity index (χ0) is 15.7. The number of benzene rings is 1. The summed E-state index contributed by atoms with van der Waals surface area (Å²) >= 11 is 0.